The van der Waals surface area contributed by atoms with Gasteiger partial charge in [-0.05, 0) is 70.5 Å². The van der Waals surface area contributed by atoms with Crippen LogP contribution in [0.1, 0.15) is 93.6 Å². The lowest BCUT2D eigenvalue weighted by Crippen LogP contribution is -2.45. The number of rotatable bonds is 10. The zero-order chi connectivity index (χ0) is 27.4. The monoisotopic (exact) mass is 545 g/mol. The molecule has 10 heteroatoms. The lowest BCUT2D eigenvalue weighted by Gasteiger charge is -2.29. The highest BCUT2D eigenvalue weighted by atomic mass is 19.1. The Balaban J connectivity index is 1.36. The third-order valence-corrected chi connectivity index (χ3v) is 8.38. The highest BCUT2D eigenvalue weighted by molar-refractivity contribution is 5.94. The number of nitrogens with one attached hydrogen (secondary N) is 2. The first-order valence-corrected chi connectivity index (χ1v) is 14.4. The molecule has 1 atom stereocenters. The fraction of sp³-hybridized carbons (Fsp3) is 0.621. The van der Waals surface area contributed by atoms with Crippen molar-refractivity contribution in [2.75, 3.05) is 19.6 Å². The number of amides is 2. The summed E-state index contributed by atoms with van der Waals surface area (Å²) >= 11 is 0. The van der Waals surface area contributed by atoms with Crippen LogP contribution < -0.4 is 10.6 Å². The van der Waals surface area contributed by atoms with Gasteiger partial charge in [-0.1, -0.05) is 19.3 Å². The Labute approximate surface area is 227 Å². The van der Waals surface area contributed by atoms with Crippen LogP contribution in [0.15, 0.2) is 18.2 Å². The molecule has 7 nitrogen and oxygen atoms in total. The molecule has 1 aromatic carbocycles. The number of aromatic nitrogens is 2. The maximum Gasteiger partial charge on any atom is 0.272 e. The number of carbonyl (C=O) groups is 2. The van der Waals surface area contributed by atoms with E-state index in [1.807, 2.05) is 0 Å². The number of halogens is 3. The lowest BCUT2D eigenvalue weighted by molar-refractivity contribution is -0.122. The maximum atomic E-state index is 14.8. The van der Waals surface area contributed by atoms with E-state index in [1.54, 1.807) is 0 Å². The minimum Gasteiger partial charge on any atom is -0.353 e. The van der Waals surface area contributed by atoms with Gasteiger partial charge in [0.2, 0.25) is 5.91 Å². The average Bonchev–Trinajstić information content (AvgIpc) is 3.55. The molecule has 0 radical (unpaired) electrons. The quantitative estimate of drug-likeness (QED) is 0.435. The van der Waals surface area contributed by atoms with Crippen LogP contribution in [0.4, 0.5) is 13.2 Å². The third-order valence-electron chi connectivity index (χ3n) is 8.38. The molecule has 3 fully saturated rings. The van der Waals surface area contributed by atoms with Crippen LogP contribution in [0.2, 0.25) is 0 Å². The Morgan fingerprint density at radius 3 is 2.26 bits per heavy atom. The largest absolute Gasteiger partial charge is 0.353 e. The Kier molecular flexibility index (Phi) is 8.89. The highest BCUT2D eigenvalue weighted by Crippen LogP contribution is 2.36. The number of likely N-dealkylation sites (tertiary alicyclic amines) is 1. The topological polar surface area (TPSA) is 79.3 Å². The van der Waals surface area contributed by atoms with Crippen molar-refractivity contribution in [1.82, 2.24) is 25.3 Å². The summed E-state index contributed by atoms with van der Waals surface area (Å²) in [6.45, 7) is 2.80. The molecule has 2 aliphatic carbocycles. The van der Waals surface area contributed by atoms with E-state index in [2.05, 4.69) is 20.6 Å². The first-order valence-electron chi connectivity index (χ1n) is 14.4. The van der Waals surface area contributed by atoms with Crippen LogP contribution in [0.25, 0.3) is 11.3 Å². The maximum absolute atomic E-state index is 14.8. The van der Waals surface area contributed by atoms with Crippen molar-refractivity contribution < 1.29 is 22.8 Å². The van der Waals surface area contributed by atoms with Gasteiger partial charge in [-0.3, -0.25) is 14.3 Å². The molecule has 5 rings (SSSR count). The molecular weight excluding hydrogens is 507 g/mol. The van der Waals surface area contributed by atoms with Gasteiger partial charge in [-0.2, -0.15) is 5.10 Å². The Morgan fingerprint density at radius 2 is 1.62 bits per heavy atom. The summed E-state index contributed by atoms with van der Waals surface area (Å²) in [5, 5.41) is 10.5. The van der Waals surface area contributed by atoms with Crippen molar-refractivity contribution in [3.63, 3.8) is 0 Å². The summed E-state index contributed by atoms with van der Waals surface area (Å²) in [7, 11) is 0. The molecule has 2 saturated carbocycles. The zero-order valence-electron chi connectivity index (χ0n) is 22.4. The number of piperidine rings is 1. The summed E-state index contributed by atoms with van der Waals surface area (Å²) < 4.78 is 44.7. The van der Waals surface area contributed by atoms with Crippen molar-refractivity contribution in [1.29, 1.82) is 0 Å². The van der Waals surface area contributed by atoms with Crippen LogP contribution in [0.5, 0.6) is 0 Å². The van der Waals surface area contributed by atoms with Gasteiger partial charge in [0.05, 0.1) is 17.3 Å². The summed E-state index contributed by atoms with van der Waals surface area (Å²) in [6, 6.07) is 2.36. The van der Waals surface area contributed by atoms with Crippen molar-refractivity contribution >= 4 is 11.8 Å². The average molecular weight is 546 g/mol. The molecule has 1 saturated heterocycles. The molecule has 2 amide bonds. The lowest BCUT2D eigenvalue weighted by atomic mass is 9.93. The minimum absolute atomic E-state index is 0.0300. The van der Waals surface area contributed by atoms with E-state index >= 15 is 0 Å². The van der Waals surface area contributed by atoms with Gasteiger partial charge < -0.3 is 15.5 Å². The van der Waals surface area contributed by atoms with E-state index < -0.39 is 35.0 Å². The SMILES string of the molecule is O=C(C[C@H](CCN1CCCCC1)NC(=O)c1cc(-c2c(F)cc(F)cc2F)n(C2CCCC2)n1)NC1CCC1. The summed E-state index contributed by atoms with van der Waals surface area (Å²) in [4.78, 5) is 28.5. The van der Waals surface area contributed by atoms with Gasteiger partial charge in [0.15, 0.2) is 5.69 Å². The Hall–Kier alpha value is -2.88. The first kappa shape index (κ1) is 27.7. The molecule has 1 aromatic heterocycles. The van der Waals surface area contributed by atoms with Crippen LogP contribution in [0, 0.1) is 17.5 Å². The minimum atomic E-state index is -1.04. The van der Waals surface area contributed by atoms with Gasteiger partial charge in [0, 0.05) is 37.2 Å². The zero-order valence-corrected chi connectivity index (χ0v) is 22.4. The van der Waals surface area contributed by atoms with E-state index in [9.17, 15) is 22.8 Å². The second kappa shape index (κ2) is 12.5. The molecule has 0 bridgehead atoms. The van der Waals surface area contributed by atoms with Crippen LogP contribution in [0.3, 0.4) is 0 Å². The number of benzene rings is 1. The van der Waals surface area contributed by atoms with Crippen molar-refractivity contribution in [3.8, 4) is 11.3 Å². The van der Waals surface area contributed by atoms with E-state index in [-0.39, 0.29) is 35.8 Å². The number of hydrogen-bond donors (Lipinski definition) is 2. The van der Waals surface area contributed by atoms with E-state index in [0.29, 0.717) is 18.6 Å². The van der Waals surface area contributed by atoms with Crippen LogP contribution in [-0.4, -0.2) is 58.2 Å². The van der Waals surface area contributed by atoms with Crippen LogP contribution >= 0.6 is 0 Å². The van der Waals surface area contributed by atoms with E-state index in [1.165, 1.54) is 17.2 Å². The first-order chi connectivity index (χ1) is 18.9. The second-order valence-corrected chi connectivity index (χ2v) is 11.3. The molecule has 0 spiro atoms. The standard InChI is InChI=1S/C29H38F3N5O2/c30-19-15-23(31)28(24(32)16-19)26-18-25(35-37(26)22-9-2-3-10-22)29(39)34-21(11-14-36-12-4-1-5-13-36)17-27(38)33-20-7-6-8-20/h15-16,18,20-22H,1-14,17H2,(H,33,38)(H,34,39)/t21-/m0/s1. The Bertz CT molecular complexity index is 1150. The fourth-order valence-electron chi connectivity index (χ4n) is 5.98. The van der Waals surface area contributed by atoms with Crippen molar-refractivity contribution in [3.05, 3.63) is 41.3 Å². The Morgan fingerprint density at radius 1 is 0.923 bits per heavy atom. The van der Waals surface area contributed by atoms with E-state index in [0.717, 1.165) is 77.4 Å². The predicted molar refractivity (Wildman–Crippen MR) is 142 cm³/mol. The molecule has 0 unspecified atom stereocenters. The van der Waals surface area contributed by atoms with Gasteiger partial charge in [-0.25, -0.2) is 13.2 Å². The number of nitrogens with zero attached hydrogens (tertiary/aromatic N) is 3. The van der Waals surface area contributed by atoms with Gasteiger partial charge >= 0.3 is 0 Å². The molecule has 1 aliphatic heterocycles. The fourth-order valence-corrected chi connectivity index (χ4v) is 5.98. The van der Waals surface area contributed by atoms with Crippen molar-refractivity contribution in [2.24, 2.45) is 0 Å². The number of carbonyl (C=O) groups excluding carboxylic acids is 2. The van der Waals surface area contributed by atoms with Crippen molar-refractivity contribution in [2.45, 2.75) is 95.2 Å². The van der Waals surface area contributed by atoms with Gasteiger partial charge in [-0.15, -0.1) is 0 Å². The third kappa shape index (κ3) is 6.83. The molecule has 2 N–H and O–H groups in total. The predicted octanol–water partition coefficient (Wildman–Crippen LogP) is 5.12. The summed E-state index contributed by atoms with van der Waals surface area (Å²) in [5.74, 6) is -3.65. The van der Waals surface area contributed by atoms with Crippen LogP contribution in [-0.2, 0) is 4.79 Å². The summed E-state index contributed by atoms with van der Waals surface area (Å²) in [5.41, 5.74) is -0.242. The second-order valence-electron chi connectivity index (χ2n) is 11.3. The molecule has 2 heterocycles. The molecule has 2 aromatic rings. The normalized spacial score (nSPS) is 19.6. The molecule has 3 aliphatic rings. The molecule has 39 heavy (non-hydrogen) atoms. The van der Waals surface area contributed by atoms with Gasteiger partial charge in [0.25, 0.3) is 5.91 Å². The number of hydrogen-bond acceptors (Lipinski definition) is 4. The molecular formula is C29H38F3N5O2. The highest BCUT2D eigenvalue weighted by Gasteiger charge is 2.29. The smallest absolute Gasteiger partial charge is 0.272 e. The molecule has 212 valence electrons. The van der Waals surface area contributed by atoms with Gasteiger partial charge in [0.1, 0.15) is 17.5 Å². The van der Waals surface area contributed by atoms with E-state index in [4.69, 9.17) is 0 Å². The summed E-state index contributed by atoms with van der Waals surface area (Å²) in [6.07, 6.45) is 10.8.